The van der Waals surface area contributed by atoms with Gasteiger partial charge in [-0.05, 0) is 11.6 Å². The van der Waals surface area contributed by atoms with E-state index in [-0.39, 0.29) is 5.69 Å². The van der Waals surface area contributed by atoms with Crippen molar-refractivity contribution in [2.75, 3.05) is 5.73 Å². The summed E-state index contributed by atoms with van der Waals surface area (Å²) in [4.78, 5) is 10.2. The number of nitrogen functional groups attached to an aromatic ring is 1. The summed E-state index contributed by atoms with van der Waals surface area (Å²) in [5.74, 6) is 0.372. The minimum Gasteiger partial charge on any atom is -0.382 e. The lowest BCUT2D eigenvalue weighted by Crippen LogP contribution is -2.04. The van der Waals surface area contributed by atoms with Crippen LogP contribution in [0.3, 0.4) is 0 Å². The van der Waals surface area contributed by atoms with Crippen molar-refractivity contribution in [1.29, 1.82) is 0 Å². The fourth-order valence-corrected chi connectivity index (χ4v) is 1.32. The molecule has 0 amide bonds. The van der Waals surface area contributed by atoms with E-state index in [1.807, 2.05) is 0 Å². The van der Waals surface area contributed by atoms with Gasteiger partial charge < -0.3 is 5.73 Å². The van der Waals surface area contributed by atoms with Crippen molar-refractivity contribution in [3.8, 4) is 0 Å². The predicted octanol–water partition coefficient (Wildman–Crippen LogP) is 2.44. The highest BCUT2D eigenvalue weighted by Crippen LogP contribution is 2.20. The van der Waals surface area contributed by atoms with Gasteiger partial charge in [-0.2, -0.15) is 5.10 Å². The zero-order valence-electron chi connectivity index (χ0n) is 8.44. The second-order valence-corrected chi connectivity index (χ2v) is 3.29. The van der Waals surface area contributed by atoms with E-state index < -0.39 is 0 Å². The largest absolute Gasteiger partial charge is 0.382 e. The summed E-state index contributed by atoms with van der Waals surface area (Å²) in [5, 5.41) is 6.76. The van der Waals surface area contributed by atoms with Crippen LogP contribution >= 0.6 is 0 Å². The lowest BCUT2D eigenvalue weighted by molar-refractivity contribution is 0.547. The summed E-state index contributed by atoms with van der Waals surface area (Å²) in [6, 6.07) is 0. The third-order valence-corrected chi connectivity index (χ3v) is 2.18. The molecular weight excluding hydrogens is 180 g/mol. The van der Waals surface area contributed by atoms with Crippen molar-refractivity contribution in [2.24, 2.45) is 5.18 Å². The Balaban J connectivity index is 2.42. The average Bonchev–Trinajstić information content (AvgIpc) is 2.55. The normalized spacial score (nSPS) is 10.4. The summed E-state index contributed by atoms with van der Waals surface area (Å²) in [7, 11) is 0. The van der Waals surface area contributed by atoms with E-state index in [1.54, 1.807) is 4.68 Å². The first-order valence-electron chi connectivity index (χ1n) is 4.94. The first-order valence-corrected chi connectivity index (χ1v) is 4.94. The van der Waals surface area contributed by atoms with Gasteiger partial charge in [0.1, 0.15) is 0 Å². The number of rotatable bonds is 6. The Hall–Kier alpha value is -1.39. The van der Waals surface area contributed by atoms with Gasteiger partial charge in [-0.15, -0.1) is 4.91 Å². The summed E-state index contributed by atoms with van der Waals surface area (Å²) < 4.78 is 1.63. The molecule has 5 heteroatoms. The standard InChI is InChI=1S/C9H16N4O/c1-2-3-4-5-6-13-9(10)8(12-14)7-11-13/h7H,2-6,10H2,1H3. The number of aromatic nitrogens is 2. The third kappa shape index (κ3) is 2.55. The molecule has 0 aliphatic heterocycles. The second-order valence-electron chi connectivity index (χ2n) is 3.29. The molecule has 0 aromatic carbocycles. The molecule has 2 N–H and O–H groups in total. The molecule has 1 heterocycles. The molecule has 14 heavy (non-hydrogen) atoms. The van der Waals surface area contributed by atoms with Crippen LogP contribution in [0, 0.1) is 4.91 Å². The number of nitrogens with two attached hydrogens (primary N) is 1. The fourth-order valence-electron chi connectivity index (χ4n) is 1.32. The highest BCUT2D eigenvalue weighted by Gasteiger charge is 2.06. The van der Waals surface area contributed by atoms with Crippen molar-refractivity contribution in [3.63, 3.8) is 0 Å². The number of anilines is 1. The van der Waals surface area contributed by atoms with Crippen LogP contribution in [0.25, 0.3) is 0 Å². The van der Waals surface area contributed by atoms with Gasteiger partial charge in [-0.25, -0.2) is 4.68 Å². The molecule has 0 aliphatic carbocycles. The van der Waals surface area contributed by atoms with E-state index in [4.69, 9.17) is 5.73 Å². The SMILES string of the molecule is CCCCCCn1ncc(N=O)c1N. The molecule has 0 atom stereocenters. The average molecular weight is 196 g/mol. The van der Waals surface area contributed by atoms with Crippen molar-refractivity contribution >= 4 is 11.5 Å². The first-order chi connectivity index (χ1) is 6.79. The van der Waals surface area contributed by atoms with Crippen molar-refractivity contribution < 1.29 is 0 Å². The number of nitroso groups, excluding NO2 is 1. The third-order valence-electron chi connectivity index (χ3n) is 2.18. The molecule has 0 fully saturated rings. The van der Waals surface area contributed by atoms with Crippen molar-refractivity contribution in [3.05, 3.63) is 11.1 Å². The Kier molecular flexibility index (Phi) is 4.10. The van der Waals surface area contributed by atoms with Crippen LogP contribution in [0.2, 0.25) is 0 Å². The lowest BCUT2D eigenvalue weighted by atomic mass is 10.2. The quantitative estimate of drug-likeness (QED) is 0.561. The predicted molar refractivity (Wildman–Crippen MR) is 56.2 cm³/mol. The van der Waals surface area contributed by atoms with Gasteiger partial charge in [0.15, 0.2) is 11.5 Å². The van der Waals surface area contributed by atoms with Crippen LogP contribution in [-0.4, -0.2) is 9.78 Å². The van der Waals surface area contributed by atoms with Crippen LogP contribution in [0.4, 0.5) is 11.5 Å². The van der Waals surface area contributed by atoms with Gasteiger partial charge in [0.25, 0.3) is 0 Å². The number of hydrogen-bond acceptors (Lipinski definition) is 4. The van der Waals surface area contributed by atoms with Gasteiger partial charge in [-0.1, -0.05) is 26.2 Å². The minimum absolute atomic E-state index is 0.237. The number of unbranched alkanes of at least 4 members (excludes halogenated alkanes) is 3. The first kappa shape index (κ1) is 10.7. The fraction of sp³-hybridized carbons (Fsp3) is 0.667. The van der Waals surface area contributed by atoms with Crippen LogP contribution in [-0.2, 0) is 6.54 Å². The molecule has 0 saturated heterocycles. The van der Waals surface area contributed by atoms with Gasteiger partial charge in [0.05, 0.1) is 6.20 Å². The maximum Gasteiger partial charge on any atom is 0.169 e. The summed E-state index contributed by atoms with van der Waals surface area (Å²) >= 11 is 0. The smallest absolute Gasteiger partial charge is 0.169 e. The summed E-state index contributed by atoms with van der Waals surface area (Å²) in [5.41, 5.74) is 5.87. The molecule has 0 unspecified atom stereocenters. The van der Waals surface area contributed by atoms with E-state index >= 15 is 0 Å². The van der Waals surface area contributed by atoms with Crippen LogP contribution < -0.4 is 5.73 Å². The van der Waals surface area contributed by atoms with Crippen LogP contribution in [0.5, 0.6) is 0 Å². The van der Waals surface area contributed by atoms with Crippen LogP contribution in [0.15, 0.2) is 11.4 Å². The molecule has 1 aromatic rings. The Bertz CT molecular complexity index is 295. The zero-order chi connectivity index (χ0) is 10.4. The van der Waals surface area contributed by atoms with E-state index in [9.17, 15) is 4.91 Å². The molecule has 0 saturated carbocycles. The zero-order valence-corrected chi connectivity index (χ0v) is 8.44. The van der Waals surface area contributed by atoms with Crippen molar-refractivity contribution in [1.82, 2.24) is 9.78 Å². The molecule has 0 aliphatic rings. The highest BCUT2D eigenvalue weighted by molar-refractivity contribution is 5.56. The number of aryl methyl sites for hydroxylation is 1. The van der Waals surface area contributed by atoms with Gasteiger partial charge in [-0.3, -0.25) is 0 Å². The number of nitrogens with zero attached hydrogens (tertiary/aromatic N) is 3. The Morgan fingerprint density at radius 2 is 2.29 bits per heavy atom. The topological polar surface area (TPSA) is 73.3 Å². The lowest BCUT2D eigenvalue weighted by Gasteiger charge is -2.02. The Labute approximate surface area is 83.3 Å². The molecule has 0 bridgehead atoms. The molecule has 1 aromatic heterocycles. The number of hydrogen-bond donors (Lipinski definition) is 1. The minimum atomic E-state index is 0.237. The highest BCUT2D eigenvalue weighted by atomic mass is 16.3. The van der Waals surface area contributed by atoms with E-state index in [1.165, 1.54) is 25.5 Å². The molecule has 1 rings (SSSR count). The van der Waals surface area contributed by atoms with Gasteiger partial charge >= 0.3 is 0 Å². The van der Waals surface area contributed by atoms with Crippen molar-refractivity contribution in [2.45, 2.75) is 39.2 Å². The van der Waals surface area contributed by atoms with E-state index in [0.29, 0.717) is 5.82 Å². The second kappa shape index (κ2) is 5.36. The Morgan fingerprint density at radius 3 is 2.86 bits per heavy atom. The van der Waals surface area contributed by atoms with Gasteiger partial charge in [0.2, 0.25) is 0 Å². The molecule has 5 nitrogen and oxygen atoms in total. The molecular formula is C9H16N4O. The molecule has 0 spiro atoms. The molecule has 0 radical (unpaired) electrons. The van der Waals surface area contributed by atoms with E-state index in [0.717, 1.165) is 13.0 Å². The van der Waals surface area contributed by atoms with Gasteiger partial charge in [0, 0.05) is 6.54 Å². The maximum atomic E-state index is 10.2. The monoisotopic (exact) mass is 196 g/mol. The molecule has 78 valence electrons. The summed E-state index contributed by atoms with van der Waals surface area (Å²) in [6.45, 7) is 2.93. The summed E-state index contributed by atoms with van der Waals surface area (Å²) in [6.07, 6.45) is 6.04. The van der Waals surface area contributed by atoms with E-state index in [2.05, 4.69) is 17.2 Å². The Morgan fingerprint density at radius 1 is 1.50 bits per heavy atom. The maximum absolute atomic E-state index is 10.2. The van der Waals surface area contributed by atoms with Crippen LogP contribution in [0.1, 0.15) is 32.6 Å².